The Bertz CT molecular complexity index is 223. The summed E-state index contributed by atoms with van der Waals surface area (Å²) in [7, 11) is 0. The number of halogens is 1. The molecule has 0 saturated heterocycles. The van der Waals surface area contributed by atoms with Gasteiger partial charge in [0.2, 0.25) is 0 Å². The van der Waals surface area contributed by atoms with Gasteiger partial charge in [0, 0.05) is 6.20 Å². The van der Waals surface area contributed by atoms with Crippen molar-refractivity contribution >= 4 is 17.3 Å². The van der Waals surface area contributed by atoms with E-state index in [0.717, 1.165) is 0 Å². The van der Waals surface area contributed by atoms with E-state index in [2.05, 4.69) is 10.1 Å². The third-order valence-corrected chi connectivity index (χ3v) is 1.15. The van der Waals surface area contributed by atoms with E-state index in [-0.39, 0.29) is 5.15 Å². The summed E-state index contributed by atoms with van der Waals surface area (Å²) in [6, 6.07) is 3.31. The van der Waals surface area contributed by atoms with E-state index < -0.39 is 0 Å². The van der Waals surface area contributed by atoms with E-state index in [9.17, 15) is 0 Å². The van der Waals surface area contributed by atoms with Gasteiger partial charge in [-0.15, -0.1) is 0 Å². The lowest BCUT2D eigenvalue weighted by molar-refractivity contribution is 1.13. The molecule has 46 valence electrons. The minimum absolute atomic E-state index is 0.271. The van der Waals surface area contributed by atoms with Gasteiger partial charge in [0.05, 0.1) is 0 Å². The topological polar surface area (TPSA) is 49.1 Å². The monoisotopic (exact) mass is 141 g/mol. The summed E-state index contributed by atoms with van der Waals surface area (Å²) in [6.07, 6.45) is 1.55. The molecule has 1 rings (SSSR count). The van der Waals surface area contributed by atoms with E-state index in [1.54, 1.807) is 18.3 Å². The van der Waals surface area contributed by atoms with Crippen LogP contribution in [0.15, 0.2) is 23.4 Å². The predicted octanol–water partition coefficient (Wildman–Crippen LogP) is 2.40. The highest BCUT2D eigenvalue weighted by Crippen LogP contribution is 2.19. The molecule has 0 saturated carbocycles. The van der Waals surface area contributed by atoms with Crippen LogP contribution in [0.5, 0.6) is 0 Å². The normalized spacial score (nSPS) is 9.00. The number of rotatable bonds is 1. The van der Waals surface area contributed by atoms with E-state index in [4.69, 9.17) is 17.1 Å². The molecule has 0 aliphatic heterocycles. The average Bonchev–Trinajstić information content (AvgIpc) is 1.89. The Morgan fingerprint density at radius 1 is 1.67 bits per heavy atom. The maximum atomic E-state index is 6.59. The summed E-state index contributed by atoms with van der Waals surface area (Å²) in [6.45, 7) is 0. The van der Waals surface area contributed by atoms with Gasteiger partial charge in [-0.3, -0.25) is 0 Å². The molecule has 1 heterocycles. The molecule has 0 fully saturated rings. The van der Waals surface area contributed by atoms with Crippen molar-refractivity contribution in [2.45, 2.75) is 0 Å². The zero-order valence-corrected chi connectivity index (χ0v) is 5.26. The molecule has 0 aromatic carbocycles. The molecular formula is C5H4ClN3. The number of hydrogen-bond donors (Lipinski definition) is 1. The van der Waals surface area contributed by atoms with Gasteiger partial charge < -0.3 is 0 Å². The second-order valence-electron chi connectivity index (χ2n) is 1.43. The minimum Gasteiger partial charge on any atom is -0.242 e. The van der Waals surface area contributed by atoms with Gasteiger partial charge >= 0.3 is 0 Å². The highest BCUT2D eigenvalue weighted by atomic mass is 35.5. The maximum Gasteiger partial charge on any atom is 0.156 e. The Balaban J connectivity index is 3.15. The Kier molecular flexibility index (Phi) is 1.75. The average molecular weight is 142 g/mol. The zero-order valence-electron chi connectivity index (χ0n) is 4.50. The van der Waals surface area contributed by atoms with Gasteiger partial charge in [-0.1, -0.05) is 11.6 Å². The van der Waals surface area contributed by atoms with Crippen LogP contribution in [0, 0.1) is 5.53 Å². The van der Waals surface area contributed by atoms with Crippen molar-refractivity contribution in [1.29, 1.82) is 5.53 Å². The first-order chi connectivity index (χ1) is 4.34. The minimum atomic E-state index is 0.271. The van der Waals surface area contributed by atoms with Crippen LogP contribution in [-0.2, 0) is 0 Å². The van der Waals surface area contributed by atoms with E-state index in [1.165, 1.54) is 0 Å². The lowest BCUT2D eigenvalue weighted by Crippen LogP contribution is -1.70. The van der Waals surface area contributed by atoms with Crippen molar-refractivity contribution in [2.75, 3.05) is 0 Å². The predicted molar refractivity (Wildman–Crippen MR) is 34.1 cm³/mol. The Hall–Kier alpha value is -0.960. The molecule has 0 aliphatic carbocycles. The van der Waals surface area contributed by atoms with Crippen LogP contribution < -0.4 is 0 Å². The lowest BCUT2D eigenvalue weighted by atomic mass is 10.4. The molecular weight excluding hydrogens is 138 g/mol. The fourth-order valence-corrected chi connectivity index (χ4v) is 0.623. The van der Waals surface area contributed by atoms with Crippen molar-refractivity contribution in [3.05, 3.63) is 23.5 Å². The maximum absolute atomic E-state index is 6.59. The van der Waals surface area contributed by atoms with Crippen molar-refractivity contribution in [2.24, 2.45) is 5.11 Å². The quantitative estimate of drug-likeness (QED) is 0.474. The molecule has 0 unspecified atom stereocenters. The van der Waals surface area contributed by atoms with Gasteiger partial charge in [-0.2, -0.15) is 5.11 Å². The Morgan fingerprint density at radius 2 is 2.44 bits per heavy atom. The standard InChI is InChI=1S/C5H4ClN3/c6-5-4(9-7)2-1-3-8-5/h1-3,7H. The smallest absolute Gasteiger partial charge is 0.156 e. The fraction of sp³-hybridized carbons (Fsp3) is 0. The summed E-state index contributed by atoms with van der Waals surface area (Å²) >= 11 is 5.50. The first-order valence-corrected chi connectivity index (χ1v) is 2.70. The van der Waals surface area contributed by atoms with Gasteiger partial charge in [-0.05, 0) is 12.1 Å². The molecule has 1 aromatic rings. The van der Waals surface area contributed by atoms with Crippen LogP contribution in [0.3, 0.4) is 0 Å². The Morgan fingerprint density at radius 3 is 2.89 bits per heavy atom. The number of hydrogen-bond acceptors (Lipinski definition) is 3. The highest BCUT2D eigenvalue weighted by molar-refractivity contribution is 6.31. The fourth-order valence-electron chi connectivity index (χ4n) is 0.461. The number of nitrogens with one attached hydrogen (secondary N) is 1. The molecule has 4 heteroatoms. The number of aromatic nitrogens is 1. The molecule has 1 N–H and O–H groups in total. The SMILES string of the molecule is N=Nc1cccnc1Cl. The largest absolute Gasteiger partial charge is 0.242 e. The molecule has 0 aliphatic rings. The molecule has 3 nitrogen and oxygen atoms in total. The van der Waals surface area contributed by atoms with Crippen molar-refractivity contribution in [3.8, 4) is 0 Å². The van der Waals surface area contributed by atoms with E-state index in [1.807, 2.05) is 0 Å². The second kappa shape index (κ2) is 2.55. The molecule has 0 bridgehead atoms. The van der Waals surface area contributed by atoms with Crippen LogP contribution in [0.2, 0.25) is 5.15 Å². The van der Waals surface area contributed by atoms with Crippen molar-refractivity contribution < 1.29 is 0 Å². The third-order valence-electron chi connectivity index (χ3n) is 0.860. The van der Waals surface area contributed by atoms with Crippen LogP contribution >= 0.6 is 11.6 Å². The van der Waals surface area contributed by atoms with Crippen molar-refractivity contribution in [3.63, 3.8) is 0 Å². The van der Waals surface area contributed by atoms with E-state index >= 15 is 0 Å². The van der Waals surface area contributed by atoms with Gasteiger partial charge in [0.1, 0.15) is 5.69 Å². The van der Waals surface area contributed by atoms with Crippen LogP contribution in [0.1, 0.15) is 0 Å². The number of pyridine rings is 1. The van der Waals surface area contributed by atoms with E-state index in [0.29, 0.717) is 5.69 Å². The lowest BCUT2D eigenvalue weighted by Gasteiger charge is -1.89. The number of nitrogens with zero attached hydrogens (tertiary/aromatic N) is 2. The second-order valence-corrected chi connectivity index (χ2v) is 1.78. The summed E-state index contributed by atoms with van der Waals surface area (Å²) in [4.78, 5) is 3.70. The first-order valence-electron chi connectivity index (χ1n) is 2.32. The summed E-state index contributed by atoms with van der Waals surface area (Å²) in [5.41, 5.74) is 6.99. The van der Waals surface area contributed by atoms with Crippen molar-refractivity contribution in [1.82, 2.24) is 4.98 Å². The molecule has 0 amide bonds. The van der Waals surface area contributed by atoms with Gasteiger partial charge in [-0.25, -0.2) is 10.5 Å². The molecule has 0 radical (unpaired) electrons. The van der Waals surface area contributed by atoms with Gasteiger partial charge in [0.25, 0.3) is 0 Å². The third kappa shape index (κ3) is 1.23. The molecule has 0 atom stereocenters. The highest BCUT2D eigenvalue weighted by Gasteiger charge is 1.94. The zero-order chi connectivity index (χ0) is 6.69. The summed E-state index contributed by atoms with van der Waals surface area (Å²) in [5, 5.41) is 3.40. The van der Waals surface area contributed by atoms with Gasteiger partial charge in [0.15, 0.2) is 5.15 Å². The molecule has 1 aromatic heterocycles. The molecule has 0 spiro atoms. The molecule has 9 heavy (non-hydrogen) atoms. The van der Waals surface area contributed by atoms with Crippen LogP contribution in [0.4, 0.5) is 5.69 Å². The van der Waals surface area contributed by atoms with Crippen LogP contribution in [-0.4, -0.2) is 4.98 Å². The Labute approximate surface area is 57.2 Å². The summed E-state index contributed by atoms with van der Waals surface area (Å²) < 4.78 is 0. The first kappa shape index (κ1) is 6.16. The summed E-state index contributed by atoms with van der Waals surface area (Å²) in [5.74, 6) is 0. The van der Waals surface area contributed by atoms with Crippen LogP contribution in [0.25, 0.3) is 0 Å².